The van der Waals surface area contributed by atoms with E-state index in [1.807, 2.05) is 18.7 Å². The zero-order chi connectivity index (χ0) is 12.7. The fourth-order valence-corrected chi connectivity index (χ4v) is 2.28. The standard InChI is InChI=1S/C13H26N2O2/c1-4-15(5-2)13(16)6-8-14-12-7-9-17-10-11(12)3/h11-12,14H,4-10H2,1-3H3. The lowest BCUT2D eigenvalue weighted by molar-refractivity contribution is -0.130. The van der Waals surface area contributed by atoms with Crippen LogP contribution < -0.4 is 5.32 Å². The van der Waals surface area contributed by atoms with Crippen LogP contribution in [0.25, 0.3) is 0 Å². The summed E-state index contributed by atoms with van der Waals surface area (Å²) in [5.74, 6) is 0.800. The van der Waals surface area contributed by atoms with E-state index in [9.17, 15) is 4.79 Å². The summed E-state index contributed by atoms with van der Waals surface area (Å²) in [4.78, 5) is 13.7. The summed E-state index contributed by atoms with van der Waals surface area (Å²) in [6, 6.07) is 0.508. The molecule has 1 amide bonds. The normalized spacial score (nSPS) is 24.6. The van der Waals surface area contributed by atoms with Crippen molar-refractivity contribution in [3.8, 4) is 0 Å². The lowest BCUT2D eigenvalue weighted by atomic mass is 9.98. The van der Waals surface area contributed by atoms with Gasteiger partial charge >= 0.3 is 0 Å². The molecule has 0 spiro atoms. The van der Waals surface area contributed by atoms with Gasteiger partial charge in [0, 0.05) is 38.7 Å². The Balaban J connectivity index is 2.20. The second-order valence-corrected chi connectivity index (χ2v) is 4.72. The Kier molecular flexibility index (Phi) is 6.52. The Morgan fingerprint density at radius 1 is 1.41 bits per heavy atom. The van der Waals surface area contributed by atoms with Crippen LogP contribution in [0.3, 0.4) is 0 Å². The lowest BCUT2D eigenvalue weighted by Crippen LogP contribution is -2.43. The van der Waals surface area contributed by atoms with Crippen molar-refractivity contribution < 1.29 is 9.53 Å². The molecule has 100 valence electrons. The minimum atomic E-state index is 0.252. The molecule has 2 unspecified atom stereocenters. The molecule has 1 aliphatic rings. The average molecular weight is 242 g/mol. The number of ether oxygens (including phenoxy) is 1. The monoisotopic (exact) mass is 242 g/mol. The predicted molar refractivity (Wildman–Crippen MR) is 68.9 cm³/mol. The van der Waals surface area contributed by atoms with Crippen LogP contribution in [0.15, 0.2) is 0 Å². The number of nitrogens with one attached hydrogen (secondary N) is 1. The molecular formula is C13H26N2O2. The molecule has 0 aliphatic carbocycles. The SMILES string of the molecule is CCN(CC)C(=O)CCNC1CCOCC1C. The van der Waals surface area contributed by atoms with Gasteiger partial charge < -0.3 is 15.0 Å². The maximum Gasteiger partial charge on any atom is 0.223 e. The predicted octanol–water partition coefficient (Wildman–Crippen LogP) is 1.26. The van der Waals surface area contributed by atoms with E-state index >= 15 is 0 Å². The van der Waals surface area contributed by atoms with E-state index < -0.39 is 0 Å². The van der Waals surface area contributed by atoms with E-state index in [2.05, 4.69) is 12.2 Å². The molecule has 2 atom stereocenters. The van der Waals surface area contributed by atoms with Gasteiger partial charge in [-0.2, -0.15) is 0 Å². The van der Waals surface area contributed by atoms with Crippen LogP contribution in [-0.2, 0) is 9.53 Å². The minimum absolute atomic E-state index is 0.252. The summed E-state index contributed by atoms with van der Waals surface area (Å²) in [5, 5.41) is 3.48. The Morgan fingerprint density at radius 2 is 2.12 bits per heavy atom. The largest absolute Gasteiger partial charge is 0.381 e. The van der Waals surface area contributed by atoms with E-state index in [1.54, 1.807) is 0 Å². The highest BCUT2D eigenvalue weighted by Gasteiger charge is 2.21. The van der Waals surface area contributed by atoms with Crippen LogP contribution in [0.4, 0.5) is 0 Å². The third-order valence-electron chi connectivity index (χ3n) is 3.50. The van der Waals surface area contributed by atoms with Crippen molar-refractivity contribution >= 4 is 5.91 Å². The van der Waals surface area contributed by atoms with Gasteiger partial charge in [-0.3, -0.25) is 4.79 Å². The fourth-order valence-electron chi connectivity index (χ4n) is 2.28. The van der Waals surface area contributed by atoms with Crippen molar-refractivity contribution in [1.29, 1.82) is 0 Å². The van der Waals surface area contributed by atoms with Crippen LogP contribution in [-0.4, -0.2) is 49.7 Å². The first-order valence-corrected chi connectivity index (χ1v) is 6.77. The second kappa shape index (κ2) is 7.67. The molecule has 4 heteroatoms. The van der Waals surface area contributed by atoms with Crippen molar-refractivity contribution in [2.24, 2.45) is 5.92 Å². The molecule has 4 nitrogen and oxygen atoms in total. The van der Waals surface area contributed by atoms with Crippen molar-refractivity contribution in [2.45, 2.75) is 39.7 Å². The molecule has 0 aromatic carbocycles. The maximum atomic E-state index is 11.8. The zero-order valence-electron chi connectivity index (χ0n) is 11.4. The van der Waals surface area contributed by atoms with E-state index in [4.69, 9.17) is 4.74 Å². The van der Waals surface area contributed by atoms with E-state index in [1.165, 1.54) is 0 Å². The van der Waals surface area contributed by atoms with E-state index in [0.717, 1.165) is 39.3 Å². The molecule has 1 rings (SSSR count). The molecule has 1 saturated heterocycles. The molecule has 17 heavy (non-hydrogen) atoms. The highest BCUT2D eigenvalue weighted by molar-refractivity contribution is 5.76. The molecular weight excluding hydrogens is 216 g/mol. The van der Waals surface area contributed by atoms with Gasteiger partial charge in [0.25, 0.3) is 0 Å². The first-order valence-electron chi connectivity index (χ1n) is 6.77. The summed E-state index contributed by atoms with van der Waals surface area (Å²) in [6.07, 6.45) is 1.66. The van der Waals surface area contributed by atoms with Crippen LogP contribution >= 0.6 is 0 Å². The van der Waals surface area contributed by atoms with Crippen molar-refractivity contribution in [2.75, 3.05) is 32.8 Å². The van der Waals surface area contributed by atoms with Gasteiger partial charge in [0.05, 0.1) is 6.61 Å². The van der Waals surface area contributed by atoms with Crippen LogP contribution in [0.2, 0.25) is 0 Å². The van der Waals surface area contributed by atoms with Crippen LogP contribution in [0.5, 0.6) is 0 Å². The van der Waals surface area contributed by atoms with Crippen molar-refractivity contribution in [3.05, 3.63) is 0 Å². The summed E-state index contributed by atoms with van der Waals surface area (Å²) in [6.45, 7) is 10.3. The number of carbonyl (C=O) groups excluding carboxylic acids is 1. The number of carbonyl (C=O) groups is 1. The molecule has 0 aromatic rings. The van der Waals surface area contributed by atoms with Gasteiger partial charge in [0.2, 0.25) is 5.91 Å². The second-order valence-electron chi connectivity index (χ2n) is 4.72. The van der Waals surface area contributed by atoms with Gasteiger partial charge in [-0.15, -0.1) is 0 Å². The third-order valence-corrected chi connectivity index (χ3v) is 3.50. The Bertz CT molecular complexity index is 229. The molecule has 1 aliphatic heterocycles. The van der Waals surface area contributed by atoms with Gasteiger partial charge in [0.1, 0.15) is 0 Å². The third kappa shape index (κ3) is 4.64. The Labute approximate surface area is 105 Å². The topological polar surface area (TPSA) is 41.6 Å². The molecule has 0 bridgehead atoms. The molecule has 1 fully saturated rings. The van der Waals surface area contributed by atoms with Gasteiger partial charge in [-0.05, 0) is 26.2 Å². The minimum Gasteiger partial charge on any atom is -0.381 e. The summed E-state index contributed by atoms with van der Waals surface area (Å²) in [7, 11) is 0. The van der Waals surface area contributed by atoms with Gasteiger partial charge in [-0.25, -0.2) is 0 Å². The van der Waals surface area contributed by atoms with E-state index in [-0.39, 0.29) is 5.91 Å². The number of rotatable bonds is 6. The first-order chi connectivity index (χ1) is 8.19. The quantitative estimate of drug-likeness (QED) is 0.762. The highest BCUT2D eigenvalue weighted by Crippen LogP contribution is 2.13. The molecule has 0 saturated carbocycles. The number of hydrogen-bond donors (Lipinski definition) is 1. The van der Waals surface area contributed by atoms with Crippen LogP contribution in [0.1, 0.15) is 33.6 Å². The van der Waals surface area contributed by atoms with Crippen molar-refractivity contribution in [3.63, 3.8) is 0 Å². The molecule has 1 N–H and O–H groups in total. The molecule has 0 aromatic heterocycles. The van der Waals surface area contributed by atoms with Gasteiger partial charge in [-0.1, -0.05) is 6.92 Å². The molecule has 0 radical (unpaired) electrons. The summed E-state index contributed by atoms with van der Waals surface area (Å²) < 4.78 is 5.40. The zero-order valence-corrected chi connectivity index (χ0v) is 11.4. The summed E-state index contributed by atoms with van der Waals surface area (Å²) >= 11 is 0. The molecule has 1 heterocycles. The lowest BCUT2D eigenvalue weighted by Gasteiger charge is -2.30. The summed E-state index contributed by atoms with van der Waals surface area (Å²) in [5.41, 5.74) is 0. The highest BCUT2D eigenvalue weighted by atomic mass is 16.5. The number of nitrogens with zero attached hydrogens (tertiary/aromatic N) is 1. The fraction of sp³-hybridized carbons (Fsp3) is 0.923. The smallest absolute Gasteiger partial charge is 0.223 e. The van der Waals surface area contributed by atoms with Crippen LogP contribution in [0, 0.1) is 5.92 Å². The Morgan fingerprint density at radius 3 is 2.71 bits per heavy atom. The van der Waals surface area contributed by atoms with E-state index in [0.29, 0.717) is 18.4 Å². The van der Waals surface area contributed by atoms with Crippen molar-refractivity contribution in [1.82, 2.24) is 10.2 Å². The van der Waals surface area contributed by atoms with Gasteiger partial charge in [0.15, 0.2) is 0 Å². The number of hydrogen-bond acceptors (Lipinski definition) is 3. The Hall–Kier alpha value is -0.610. The number of amides is 1. The maximum absolute atomic E-state index is 11.8. The first kappa shape index (κ1) is 14.5. The average Bonchev–Trinajstić information content (AvgIpc) is 2.33.